The van der Waals surface area contributed by atoms with Gasteiger partial charge in [0, 0.05) is 5.38 Å². The summed E-state index contributed by atoms with van der Waals surface area (Å²) in [5, 5.41) is 19.4. The van der Waals surface area contributed by atoms with Crippen LogP contribution in [0.25, 0.3) is 0 Å². The summed E-state index contributed by atoms with van der Waals surface area (Å²) >= 11 is 0.844. The van der Waals surface area contributed by atoms with Gasteiger partial charge in [0.05, 0.1) is 17.7 Å². The van der Waals surface area contributed by atoms with Gasteiger partial charge in [0.2, 0.25) is 0 Å². The molecule has 0 bridgehead atoms. The quantitative estimate of drug-likeness (QED) is 0.704. The van der Waals surface area contributed by atoms with Crippen molar-refractivity contribution in [2.75, 3.05) is 6.61 Å². The topological polar surface area (TPSA) is 104 Å². The number of carbonyl (C=O) groups is 1. The van der Waals surface area contributed by atoms with Crippen molar-refractivity contribution in [3.8, 4) is 0 Å². The van der Waals surface area contributed by atoms with Crippen LogP contribution in [0, 0.1) is 0 Å². The van der Waals surface area contributed by atoms with Gasteiger partial charge in [-0.05, 0) is 18.9 Å². The van der Waals surface area contributed by atoms with E-state index in [2.05, 4.69) is 4.72 Å². The Kier molecular flexibility index (Phi) is 5.08. The van der Waals surface area contributed by atoms with Crippen LogP contribution < -0.4 is 4.72 Å². The largest absolute Gasteiger partial charge is 0.478 e. The molecule has 0 unspecified atom stereocenters. The first-order chi connectivity index (χ1) is 8.80. The number of aliphatic hydroxyl groups excluding tert-OH is 1. The van der Waals surface area contributed by atoms with Crippen LogP contribution in [0.15, 0.2) is 15.7 Å². The first kappa shape index (κ1) is 16.1. The van der Waals surface area contributed by atoms with Crippen LogP contribution in [0.4, 0.5) is 0 Å². The normalized spacial score (nSPS) is 12.6. The summed E-state index contributed by atoms with van der Waals surface area (Å²) in [6.07, 6.45) is 0.882. The summed E-state index contributed by atoms with van der Waals surface area (Å²) in [7, 11) is -3.82. The zero-order valence-electron chi connectivity index (χ0n) is 10.7. The molecule has 0 aliphatic rings. The van der Waals surface area contributed by atoms with Crippen molar-refractivity contribution in [1.29, 1.82) is 0 Å². The van der Waals surface area contributed by atoms with E-state index in [1.165, 1.54) is 5.38 Å². The molecule has 6 nitrogen and oxygen atoms in total. The number of carboxylic acid groups (broad SMARTS) is 1. The molecule has 0 atom stereocenters. The highest BCUT2D eigenvalue weighted by atomic mass is 32.2. The molecule has 0 fully saturated rings. The summed E-state index contributed by atoms with van der Waals surface area (Å²) in [5.74, 6) is -1.17. The van der Waals surface area contributed by atoms with Gasteiger partial charge in [-0.25, -0.2) is 17.9 Å². The van der Waals surface area contributed by atoms with Crippen LogP contribution in [0.2, 0.25) is 0 Å². The second-order valence-corrected chi connectivity index (χ2v) is 7.03. The standard InChI is InChI=1S/C11H17NO5S2/c1-3-11(4-2,7-13)12-19(16,17)9-5-8(6-18-9)10(14)15/h5-6,12-13H,3-4,7H2,1-2H3,(H,14,15). The average Bonchev–Trinajstić information content (AvgIpc) is 2.86. The minimum atomic E-state index is -3.82. The summed E-state index contributed by atoms with van der Waals surface area (Å²) in [5.41, 5.74) is -0.973. The molecule has 1 rings (SSSR count). The van der Waals surface area contributed by atoms with Crippen LogP contribution >= 0.6 is 11.3 Å². The van der Waals surface area contributed by atoms with Crippen molar-refractivity contribution in [3.05, 3.63) is 17.0 Å². The Labute approximate surface area is 116 Å². The van der Waals surface area contributed by atoms with Gasteiger partial charge in [-0.3, -0.25) is 0 Å². The van der Waals surface area contributed by atoms with Gasteiger partial charge in [-0.1, -0.05) is 13.8 Å². The molecule has 19 heavy (non-hydrogen) atoms. The fraction of sp³-hybridized carbons (Fsp3) is 0.545. The molecule has 0 aromatic carbocycles. The van der Waals surface area contributed by atoms with Crippen LogP contribution in [0.5, 0.6) is 0 Å². The second kappa shape index (κ2) is 6.00. The van der Waals surface area contributed by atoms with Crippen molar-refractivity contribution in [3.63, 3.8) is 0 Å². The van der Waals surface area contributed by atoms with Crippen LogP contribution in [0.3, 0.4) is 0 Å². The SMILES string of the molecule is CCC(CC)(CO)NS(=O)(=O)c1cc(C(=O)O)cs1. The number of nitrogens with one attached hydrogen (secondary N) is 1. The first-order valence-corrected chi connectivity index (χ1v) is 8.13. The van der Waals surface area contributed by atoms with Crippen molar-refractivity contribution < 1.29 is 23.4 Å². The molecule has 3 N–H and O–H groups in total. The summed E-state index contributed by atoms with van der Waals surface area (Å²) in [6.45, 7) is 3.25. The highest BCUT2D eigenvalue weighted by Crippen LogP contribution is 2.24. The minimum absolute atomic E-state index is 0.0621. The maximum Gasteiger partial charge on any atom is 0.336 e. The number of hydrogen-bond acceptors (Lipinski definition) is 5. The molecule has 0 saturated carbocycles. The molecule has 1 aromatic heterocycles. The Morgan fingerprint density at radius 1 is 1.42 bits per heavy atom. The Morgan fingerprint density at radius 2 is 2.00 bits per heavy atom. The van der Waals surface area contributed by atoms with Crippen LogP contribution in [-0.4, -0.2) is 36.7 Å². The average molecular weight is 307 g/mol. The molecule has 0 aliphatic heterocycles. The molecule has 8 heteroatoms. The summed E-state index contributed by atoms with van der Waals surface area (Å²) in [6, 6.07) is 1.11. The number of hydrogen-bond donors (Lipinski definition) is 3. The number of rotatable bonds is 7. The molecule has 0 radical (unpaired) electrons. The predicted molar refractivity (Wildman–Crippen MR) is 72.0 cm³/mol. The number of aliphatic hydroxyl groups is 1. The number of sulfonamides is 1. The van der Waals surface area contributed by atoms with Gasteiger partial charge < -0.3 is 10.2 Å². The lowest BCUT2D eigenvalue weighted by Gasteiger charge is -2.29. The van der Waals surface area contributed by atoms with E-state index < -0.39 is 21.5 Å². The summed E-state index contributed by atoms with van der Waals surface area (Å²) < 4.78 is 26.7. The maximum absolute atomic E-state index is 12.2. The third-order valence-corrected chi connectivity index (χ3v) is 6.11. The van der Waals surface area contributed by atoms with E-state index in [4.69, 9.17) is 5.11 Å². The Bertz CT molecular complexity index is 537. The molecule has 1 heterocycles. The van der Waals surface area contributed by atoms with E-state index in [-0.39, 0.29) is 16.4 Å². The van der Waals surface area contributed by atoms with Crippen LogP contribution in [-0.2, 0) is 10.0 Å². The molecule has 0 saturated heterocycles. The molecular formula is C11H17NO5S2. The van der Waals surface area contributed by atoms with Gasteiger partial charge in [-0.15, -0.1) is 11.3 Å². The van der Waals surface area contributed by atoms with Crippen molar-refractivity contribution in [2.24, 2.45) is 0 Å². The lowest BCUT2D eigenvalue weighted by molar-refractivity contribution is 0.0697. The minimum Gasteiger partial charge on any atom is -0.478 e. The maximum atomic E-state index is 12.2. The van der Waals surface area contributed by atoms with E-state index in [0.717, 1.165) is 17.4 Å². The number of carboxylic acids is 1. The molecule has 0 aliphatic carbocycles. The monoisotopic (exact) mass is 307 g/mol. The smallest absolute Gasteiger partial charge is 0.336 e. The van der Waals surface area contributed by atoms with Crippen molar-refractivity contribution in [2.45, 2.75) is 36.4 Å². The van der Waals surface area contributed by atoms with E-state index in [0.29, 0.717) is 12.8 Å². The van der Waals surface area contributed by atoms with Gasteiger partial charge in [-0.2, -0.15) is 0 Å². The lowest BCUT2D eigenvalue weighted by Crippen LogP contribution is -2.50. The number of thiophene rings is 1. The Hall–Kier alpha value is -0.960. The molecular weight excluding hydrogens is 290 g/mol. The Balaban J connectivity index is 3.06. The van der Waals surface area contributed by atoms with E-state index in [9.17, 15) is 18.3 Å². The molecule has 1 aromatic rings. The van der Waals surface area contributed by atoms with E-state index in [1.54, 1.807) is 13.8 Å². The zero-order chi connectivity index (χ0) is 14.7. The van der Waals surface area contributed by atoms with E-state index >= 15 is 0 Å². The lowest BCUT2D eigenvalue weighted by atomic mass is 9.96. The Morgan fingerprint density at radius 3 is 2.37 bits per heavy atom. The third-order valence-electron chi connectivity index (χ3n) is 3.09. The van der Waals surface area contributed by atoms with Gasteiger partial charge >= 0.3 is 5.97 Å². The fourth-order valence-electron chi connectivity index (χ4n) is 1.56. The molecule has 0 spiro atoms. The van der Waals surface area contributed by atoms with Crippen molar-refractivity contribution in [1.82, 2.24) is 4.72 Å². The van der Waals surface area contributed by atoms with Gasteiger partial charge in [0.15, 0.2) is 0 Å². The predicted octanol–water partition coefficient (Wildman–Crippen LogP) is 1.28. The van der Waals surface area contributed by atoms with Crippen LogP contribution in [0.1, 0.15) is 37.0 Å². The third kappa shape index (κ3) is 3.53. The highest BCUT2D eigenvalue weighted by Gasteiger charge is 2.32. The highest BCUT2D eigenvalue weighted by molar-refractivity contribution is 7.91. The molecule has 108 valence electrons. The van der Waals surface area contributed by atoms with E-state index in [1.807, 2.05) is 0 Å². The van der Waals surface area contributed by atoms with Gasteiger partial charge in [0.1, 0.15) is 4.21 Å². The fourth-order valence-corrected chi connectivity index (χ4v) is 4.24. The van der Waals surface area contributed by atoms with Gasteiger partial charge in [0.25, 0.3) is 10.0 Å². The summed E-state index contributed by atoms with van der Waals surface area (Å²) in [4.78, 5) is 10.7. The zero-order valence-corrected chi connectivity index (χ0v) is 12.3. The first-order valence-electron chi connectivity index (χ1n) is 5.77. The second-order valence-electron chi connectivity index (χ2n) is 4.21. The number of aromatic carboxylic acids is 1. The van der Waals surface area contributed by atoms with Crippen molar-refractivity contribution >= 4 is 27.3 Å². The molecule has 0 amide bonds.